The molecule has 2 aromatic heterocycles. The first-order valence-corrected chi connectivity index (χ1v) is 6.52. The van der Waals surface area contributed by atoms with Crippen LogP contribution in [0.4, 0.5) is 5.82 Å². The van der Waals surface area contributed by atoms with Gasteiger partial charge in [0.1, 0.15) is 5.76 Å². The molecule has 2 heterocycles. The van der Waals surface area contributed by atoms with Crippen LogP contribution in [-0.2, 0) is 11.2 Å². The van der Waals surface area contributed by atoms with Crippen molar-refractivity contribution in [1.82, 2.24) is 10.1 Å². The minimum Gasteiger partial charge on any atom is -0.360 e. The van der Waals surface area contributed by atoms with Crippen LogP contribution in [0, 0.1) is 20.8 Å². The second-order valence-electron chi connectivity index (χ2n) is 4.11. The second-order valence-corrected chi connectivity index (χ2v) is 5.40. The van der Waals surface area contributed by atoms with Gasteiger partial charge in [0, 0.05) is 17.4 Å². The number of carbonyl (C=O) groups excluding carboxylic acids is 1. The normalized spacial score (nSPS) is 10.6. The molecular formula is C12H15N3O2S. The van der Waals surface area contributed by atoms with Crippen LogP contribution in [0.5, 0.6) is 0 Å². The molecule has 0 atom stereocenters. The van der Waals surface area contributed by atoms with Crippen LogP contribution in [0.15, 0.2) is 10.6 Å². The zero-order valence-electron chi connectivity index (χ0n) is 10.6. The maximum Gasteiger partial charge on any atom is 0.225 e. The summed E-state index contributed by atoms with van der Waals surface area (Å²) in [7, 11) is 0. The summed E-state index contributed by atoms with van der Waals surface area (Å²) in [6.45, 7) is 5.73. The Hall–Kier alpha value is -1.69. The Kier molecular flexibility index (Phi) is 3.76. The van der Waals surface area contributed by atoms with Gasteiger partial charge in [0.2, 0.25) is 5.91 Å². The number of amides is 1. The van der Waals surface area contributed by atoms with Crippen molar-refractivity contribution in [3.8, 4) is 0 Å². The van der Waals surface area contributed by atoms with Crippen LogP contribution >= 0.6 is 11.3 Å². The Balaban J connectivity index is 1.87. The zero-order chi connectivity index (χ0) is 13.1. The summed E-state index contributed by atoms with van der Waals surface area (Å²) in [4.78, 5) is 17.2. The number of nitrogens with one attached hydrogen (secondary N) is 1. The van der Waals surface area contributed by atoms with Gasteiger partial charge in [-0.1, -0.05) is 5.16 Å². The molecule has 0 saturated heterocycles. The molecule has 6 heteroatoms. The lowest BCUT2D eigenvalue weighted by Crippen LogP contribution is -2.12. The first-order chi connectivity index (χ1) is 8.54. The maximum atomic E-state index is 11.7. The molecule has 0 fully saturated rings. The highest BCUT2D eigenvalue weighted by molar-refractivity contribution is 7.11. The Bertz CT molecular complexity index is 559. The molecule has 0 aliphatic rings. The van der Waals surface area contributed by atoms with Crippen molar-refractivity contribution in [2.24, 2.45) is 0 Å². The van der Waals surface area contributed by atoms with Gasteiger partial charge in [0.05, 0.1) is 10.7 Å². The molecule has 0 aliphatic heterocycles. The Morgan fingerprint density at radius 1 is 1.44 bits per heavy atom. The molecule has 5 nitrogen and oxygen atoms in total. The predicted octanol–water partition coefficient (Wildman–Crippen LogP) is 2.63. The SMILES string of the molecule is Cc1cc(NC(=O)CCc2sc(C)nc2C)no1. The number of aromatic nitrogens is 2. The second kappa shape index (κ2) is 5.30. The fraction of sp³-hybridized carbons (Fsp3) is 0.417. The van der Waals surface area contributed by atoms with Gasteiger partial charge in [-0.15, -0.1) is 11.3 Å². The predicted molar refractivity (Wildman–Crippen MR) is 69.8 cm³/mol. The molecule has 1 N–H and O–H groups in total. The lowest BCUT2D eigenvalue weighted by Gasteiger charge is -2.00. The van der Waals surface area contributed by atoms with Crippen LogP contribution in [0.25, 0.3) is 0 Å². The van der Waals surface area contributed by atoms with E-state index in [1.54, 1.807) is 24.3 Å². The molecule has 96 valence electrons. The van der Waals surface area contributed by atoms with Gasteiger partial charge in [-0.3, -0.25) is 4.79 Å². The van der Waals surface area contributed by atoms with E-state index in [2.05, 4.69) is 15.5 Å². The number of thiazole rings is 1. The van der Waals surface area contributed by atoms with Crippen molar-refractivity contribution in [2.45, 2.75) is 33.6 Å². The van der Waals surface area contributed by atoms with Crippen molar-refractivity contribution in [3.05, 3.63) is 27.4 Å². The lowest BCUT2D eigenvalue weighted by atomic mass is 10.2. The van der Waals surface area contributed by atoms with Crippen molar-refractivity contribution < 1.29 is 9.32 Å². The van der Waals surface area contributed by atoms with Crippen molar-refractivity contribution in [2.75, 3.05) is 5.32 Å². The third-order valence-corrected chi connectivity index (χ3v) is 3.61. The van der Waals surface area contributed by atoms with Gasteiger partial charge in [0.15, 0.2) is 5.82 Å². The largest absolute Gasteiger partial charge is 0.360 e. The molecule has 0 spiro atoms. The number of hydrogen-bond acceptors (Lipinski definition) is 5. The first-order valence-electron chi connectivity index (χ1n) is 5.70. The van der Waals surface area contributed by atoms with Gasteiger partial charge in [0.25, 0.3) is 0 Å². The van der Waals surface area contributed by atoms with Gasteiger partial charge >= 0.3 is 0 Å². The van der Waals surface area contributed by atoms with Crippen molar-refractivity contribution in [1.29, 1.82) is 0 Å². The minimum absolute atomic E-state index is 0.0613. The number of anilines is 1. The Morgan fingerprint density at radius 3 is 2.78 bits per heavy atom. The third-order valence-electron chi connectivity index (χ3n) is 2.47. The highest BCUT2D eigenvalue weighted by Gasteiger charge is 2.09. The summed E-state index contributed by atoms with van der Waals surface area (Å²) in [5.41, 5.74) is 1.02. The molecule has 2 rings (SSSR count). The smallest absolute Gasteiger partial charge is 0.225 e. The van der Waals surface area contributed by atoms with E-state index < -0.39 is 0 Å². The molecule has 0 saturated carbocycles. The number of carbonyl (C=O) groups is 1. The van der Waals surface area contributed by atoms with E-state index >= 15 is 0 Å². The van der Waals surface area contributed by atoms with E-state index in [1.165, 1.54) is 4.88 Å². The average Bonchev–Trinajstić information content (AvgIpc) is 2.82. The van der Waals surface area contributed by atoms with E-state index in [1.807, 2.05) is 13.8 Å². The molecule has 0 radical (unpaired) electrons. The molecule has 0 bridgehead atoms. The van der Waals surface area contributed by atoms with Gasteiger partial charge in [-0.2, -0.15) is 0 Å². The number of nitrogens with zero attached hydrogens (tertiary/aromatic N) is 2. The number of aryl methyl sites for hydroxylation is 4. The molecular weight excluding hydrogens is 250 g/mol. The fourth-order valence-corrected chi connectivity index (χ4v) is 2.60. The molecule has 1 amide bonds. The van der Waals surface area contributed by atoms with Gasteiger partial charge in [-0.05, 0) is 27.2 Å². The summed E-state index contributed by atoms with van der Waals surface area (Å²) < 4.78 is 4.88. The van der Waals surface area contributed by atoms with Crippen LogP contribution < -0.4 is 5.32 Å². The standard InChI is InChI=1S/C12H15N3O2S/c1-7-6-11(15-17-7)14-12(16)5-4-10-8(2)13-9(3)18-10/h6H,4-5H2,1-3H3,(H,14,15,16). The van der Waals surface area contributed by atoms with E-state index in [4.69, 9.17) is 4.52 Å². The van der Waals surface area contributed by atoms with E-state index in [9.17, 15) is 4.79 Å². The topological polar surface area (TPSA) is 68.0 Å². The summed E-state index contributed by atoms with van der Waals surface area (Å²) >= 11 is 1.64. The molecule has 0 aliphatic carbocycles. The highest BCUT2D eigenvalue weighted by Crippen LogP contribution is 2.19. The summed E-state index contributed by atoms with van der Waals surface area (Å²) in [5.74, 6) is 1.09. The van der Waals surface area contributed by atoms with Crippen LogP contribution in [0.3, 0.4) is 0 Å². The Morgan fingerprint density at radius 2 is 2.22 bits per heavy atom. The van der Waals surface area contributed by atoms with Crippen molar-refractivity contribution >= 4 is 23.1 Å². The van der Waals surface area contributed by atoms with E-state index in [0.717, 1.165) is 10.7 Å². The first kappa shape index (κ1) is 12.8. The third kappa shape index (κ3) is 3.16. The van der Waals surface area contributed by atoms with Crippen LogP contribution in [-0.4, -0.2) is 16.0 Å². The maximum absolute atomic E-state index is 11.7. The lowest BCUT2D eigenvalue weighted by molar-refractivity contribution is -0.116. The number of hydrogen-bond donors (Lipinski definition) is 1. The molecule has 2 aromatic rings. The van der Waals surface area contributed by atoms with Crippen molar-refractivity contribution in [3.63, 3.8) is 0 Å². The van der Waals surface area contributed by atoms with Crippen LogP contribution in [0.1, 0.15) is 27.8 Å². The molecule has 18 heavy (non-hydrogen) atoms. The fourth-order valence-electron chi connectivity index (χ4n) is 1.66. The summed E-state index contributed by atoms with van der Waals surface area (Å²) in [6, 6.07) is 1.69. The molecule has 0 unspecified atom stereocenters. The highest BCUT2D eigenvalue weighted by atomic mass is 32.1. The van der Waals surface area contributed by atoms with E-state index in [0.29, 0.717) is 24.4 Å². The van der Waals surface area contributed by atoms with Gasteiger partial charge in [-0.25, -0.2) is 4.98 Å². The summed E-state index contributed by atoms with van der Waals surface area (Å²) in [5, 5.41) is 7.45. The Labute approximate surface area is 109 Å². The number of rotatable bonds is 4. The summed E-state index contributed by atoms with van der Waals surface area (Å²) in [6.07, 6.45) is 1.13. The molecule has 0 aromatic carbocycles. The minimum atomic E-state index is -0.0613. The zero-order valence-corrected chi connectivity index (χ0v) is 11.4. The monoisotopic (exact) mass is 265 g/mol. The quantitative estimate of drug-likeness (QED) is 0.922. The van der Waals surface area contributed by atoms with Crippen LogP contribution in [0.2, 0.25) is 0 Å². The average molecular weight is 265 g/mol. The van der Waals surface area contributed by atoms with Gasteiger partial charge < -0.3 is 9.84 Å². The van der Waals surface area contributed by atoms with E-state index in [-0.39, 0.29) is 5.91 Å².